The minimum absolute atomic E-state index is 0.0316. The highest BCUT2D eigenvalue weighted by atomic mass is 32.2. The zero-order chi connectivity index (χ0) is 19.7. The molecule has 0 N–H and O–H groups in total. The second-order valence-electron chi connectivity index (χ2n) is 6.81. The lowest BCUT2D eigenvalue weighted by molar-refractivity contribution is 0.0623. The van der Waals surface area contributed by atoms with Gasteiger partial charge >= 0.3 is 0 Å². The van der Waals surface area contributed by atoms with Crippen molar-refractivity contribution in [3.8, 4) is 0 Å². The Balaban J connectivity index is 1.54. The number of hydrogen-bond acceptors (Lipinski definition) is 5. The molecule has 0 saturated carbocycles. The van der Waals surface area contributed by atoms with Crippen LogP contribution in [0.2, 0.25) is 0 Å². The number of nitrogens with zero attached hydrogens (tertiary/aromatic N) is 1. The molecule has 0 saturated heterocycles. The summed E-state index contributed by atoms with van der Waals surface area (Å²) in [7, 11) is -3.52. The maximum atomic E-state index is 13.0. The third-order valence-electron chi connectivity index (χ3n) is 5.05. The molecule has 0 spiro atoms. The zero-order valence-corrected chi connectivity index (χ0v) is 17.1. The van der Waals surface area contributed by atoms with Crippen LogP contribution in [0.3, 0.4) is 0 Å². The molecule has 146 valence electrons. The average molecular weight is 416 g/mol. The number of hydrogen-bond donors (Lipinski definition) is 0. The van der Waals surface area contributed by atoms with Gasteiger partial charge in [0.25, 0.3) is 5.91 Å². The molecule has 7 heteroatoms. The van der Waals surface area contributed by atoms with E-state index >= 15 is 0 Å². The average Bonchev–Trinajstić information content (AvgIpc) is 3.36. The Kier molecular flexibility index (Phi) is 5.12. The van der Waals surface area contributed by atoms with Gasteiger partial charge in [0, 0.05) is 11.4 Å². The van der Waals surface area contributed by atoms with Crippen molar-refractivity contribution < 1.29 is 17.6 Å². The maximum Gasteiger partial charge on any atom is 0.290 e. The molecule has 1 unspecified atom stereocenters. The van der Waals surface area contributed by atoms with Gasteiger partial charge in [0.15, 0.2) is 15.6 Å². The number of carbonyl (C=O) groups is 1. The summed E-state index contributed by atoms with van der Waals surface area (Å²) in [5, 5.41) is 2.07. The molecule has 0 bridgehead atoms. The van der Waals surface area contributed by atoms with Crippen LogP contribution in [0.1, 0.15) is 46.1 Å². The summed E-state index contributed by atoms with van der Waals surface area (Å²) in [5.74, 6) is 0.00633. The summed E-state index contributed by atoms with van der Waals surface area (Å²) in [6.45, 7) is 2.71. The summed E-state index contributed by atoms with van der Waals surface area (Å²) < 4.78 is 30.7. The van der Waals surface area contributed by atoms with Crippen molar-refractivity contribution in [1.29, 1.82) is 0 Å². The Morgan fingerprint density at radius 3 is 2.71 bits per heavy atom. The van der Waals surface area contributed by atoms with E-state index < -0.39 is 9.84 Å². The van der Waals surface area contributed by atoms with Gasteiger partial charge in [-0.15, -0.1) is 11.3 Å². The van der Waals surface area contributed by atoms with Crippen LogP contribution in [0, 0.1) is 0 Å². The van der Waals surface area contributed by atoms with Crippen LogP contribution < -0.4 is 0 Å². The molecule has 28 heavy (non-hydrogen) atoms. The number of sulfone groups is 1. The molecule has 4 rings (SSSR count). The highest BCUT2D eigenvalue weighted by molar-refractivity contribution is 7.90. The molecule has 0 aliphatic carbocycles. The lowest BCUT2D eigenvalue weighted by Crippen LogP contribution is -2.39. The van der Waals surface area contributed by atoms with Gasteiger partial charge in [-0.2, -0.15) is 0 Å². The predicted octanol–water partition coefficient (Wildman–Crippen LogP) is 4.46. The van der Waals surface area contributed by atoms with Crippen LogP contribution in [0.4, 0.5) is 0 Å². The number of fused-ring (bicyclic) bond motifs is 1. The molecule has 1 aliphatic rings. The van der Waals surface area contributed by atoms with E-state index in [2.05, 4.69) is 18.4 Å². The van der Waals surface area contributed by atoms with Crippen LogP contribution in [0.5, 0.6) is 0 Å². The molecule has 1 amide bonds. The molecule has 2 aromatic heterocycles. The second-order valence-corrected chi connectivity index (χ2v) is 9.80. The van der Waals surface area contributed by atoms with Gasteiger partial charge < -0.3 is 9.32 Å². The smallest absolute Gasteiger partial charge is 0.290 e. The first-order chi connectivity index (χ1) is 13.5. The number of carbonyl (C=O) groups excluding carboxylic acids is 1. The number of benzene rings is 1. The summed E-state index contributed by atoms with van der Waals surface area (Å²) >= 11 is 1.73. The lowest BCUT2D eigenvalue weighted by Gasteiger charge is -2.34. The van der Waals surface area contributed by atoms with Crippen LogP contribution in [-0.2, 0) is 22.0 Å². The summed E-state index contributed by atoms with van der Waals surface area (Å²) in [6, 6.07) is 13.5. The topological polar surface area (TPSA) is 67.6 Å². The minimum atomic E-state index is -3.52. The number of amides is 1. The second kappa shape index (κ2) is 7.56. The van der Waals surface area contributed by atoms with E-state index in [1.165, 1.54) is 10.4 Å². The quantitative estimate of drug-likeness (QED) is 0.617. The first-order valence-corrected chi connectivity index (χ1v) is 11.8. The molecule has 3 heterocycles. The SMILES string of the molecule is CCC1c2ccsc2CCN1C(=O)c1ccc(CS(=O)(=O)c2ccccc2)o1. The predicted molar refractivity (Wildman–Crippen MR) is 108 cm³/mol. The number of furan rings is 1. The third kappa shape index (κ3) is 3.52. The van der Waals surface area contributed by atoms with Gasteiger partial charge in [0.05, 0.1) is 10.9 Å². The van der Waals surface area contributed by atoms with Gasteiger partial charge in [0.1, 0.15) is 11.5 Å². The van der Waals surface area contributed by atoms with Crippen molar-refractivity contribution in [3.05, 3.63) is 75.9 Å². The molecule has 3 aromatic rings. The molecule has 1 atom stereocenters. The third-order valence-corrected chi connectivity index (χ3v) is 7.70. The summed E-state index contributed by atoms with van der Waals surface area (Å²) in [6.07, 6.45) is 1.66. The Labute approximate surface area is 168 Å². The van der Waals surface area contributed by atoms with Gasteiger partial charge in [-0.05, 0) is 54.1 Å². The fraction of sp³-hybridized carbons (Fsp3) is 0.286. The van der Waals surface area contributed by atoms with Crippen LogP contribution >= 0.6 is 11.3 Å². The van der Waals surface area contributed by atoms with E-state index in [9.17, 15) is 13.2 Å². The molecule has 1 aromatic carbocycles. The van der Waals surface area contributed by atoms with Gasteiger partial charge in [-0.25, -0.2) is 8.42 Å². The Morgan fingerprint density at radius 1 is 1.18 bits per heavy atom. The van der Waals surface area contributed by atoms with Crippen molar-refractivity contribution in [1.82, 2.24) is 4.90 Å². The Morgan fingerprint density at radius 2 is 1.96 bits per heavy atom. The van der Waals surface area contributed by atoms with Gasteiger partial charge in [-0.1, -0.05) is 25.1 Å². The highest BCUT2D eigenvalue weighted by Crippen LogP contribution is 2.36. The summed E-state index contributed by atoms with van der Waals surface area (Å²) in [4.78, 5) is 16.5. The van der Waals surface area contributed by atoms with Crippen LogP contribution in [0.25, 0.3) is 0 Å². The van der Waals surface area contributed by atoms with Crippen molar-refractivity contribution in [2.45, 2.75) is 36.5 Å². The number of rotatable bonds is 5. The van der Waals surface area contributed by atoms with E-state index in [4.69, 9.17) is 4.42 Å². The highest BCUT2D eigenvalue weighted by Gasteiger charge is 2.32. The minimum Gasteiger partial charge on any atom is -0.455 e. The first-order valence-electron chi connectivity index (χ1n) is 9.23. The molecular formula is C21H21NO4S2. The van der Waals surface area contributed by atoms with E-state index in [0.29, 0.717) is 6.54 Å². The largest absolute Gasteiger partial charge is 0.455 e. The Hall–Kier alpha value is -2.38. The molecule has 1 aliphatic heterocycles. The zero-order valence-electron chi connectivity index (χ0n) is 15.5. The fourth-order valence-electron chi connectivity index (χ4n) is 3.69. The number of thiophene rings is 1. The Bertz CT molecular complexity index is 1080. The van der Waals surface area contributed by atoms with Crippen molar-refractivity contribution in [2.75, 3.05) is 6.54 Å². The molecular weight excluding hydrogens is 394 g/mol. The van der Waals surface area contributed by atoms with Crippen LogP contribution in [0.15, 0.2) is 63.2 Å². The maximum absolute atomic E-state index is 13.0. The monoisotopic (exact) mass is 415 g/mol. The molecule has 5 nitrogen and oxygen atoms in total. The van der Waals surface area contributed by atoms with Crippen LogP contribution in [-0.4, -0.2) is 25.8 Å². The van der Waals surface area contributed by atoms with E-state index in [0.717, 1.165) is 12.8 Å². The van der Waals surface area contributed by atoms with Gasteiger partial charge in [-0.3, -0.25) is 4.79 Å². The molecule has 0 fully saturated rings. The van der Waals surface area contributed by atoms with Crippen molar-refractivity contribution in [2.24, 2.45) is 0 Å². The molecule has 0 radical (unpaired) electrons. The summed E-state index contributed by atoms with van der Waals surface area (Å²) in [5.41, 5.74) is 1.21. The normalized spacial score (nSPS) is 16.8. The van der Waals surface area contributed by atoms with Gasteiger partial charge in [0.2, 0.25) is 0 Å². The standard InChI is InChI=1S/C21H21NO4S2/c1-2-18-17-11-13-27-20(17)10-12-22(18)21(23)19-9-8-15(26-19)14-28(24,25)16-6-4-3-5-7-16/h3-9,11,13,18H,2,10,12,14H2,1H3. The van der Waals surface area contributed by atoms with E-state index in [1.807, 2.05) is 4.90 Å². The van der Waals surface area contributed by atoms with E-state index in [-0.39, 0.29) is 34.1 Å². The van der Waals surface area contributed by atoms with E-state index in [1.54, 1.807) is 53.8 Å². The fourth-order valence-corrected chi connectivity index (χ4v) is 5.89. The van der Waals surface area contributed by atoms with Crippen molar-refractivity contribution >= 4 is 27.1 Å². The first kappa shape index (κ1) is 19.0. The van der Waals surface area contributed by atoms with Crippen molar-refractivity contribution in [3.63, 3.8) is 0 Å². The lowest BCUT2D eigenvalue weighted by atomic mass is 9.97.